The molecule has 1 rings (SSSR count). The molecule has 6 heteroatoms. The third-order valence-corrected chi connectivity index (χ3v) is 2.56. The highest BCUT2D eigenvalue weighted by atomic mass is 16.4. The van der Waals surface area contributed by atoms with Crippen LogP contribution in [0, 0.1) is 0 Å². The van der Waals surface area contributed by atoms with Gasteiger partial charge in [0.2, 0.25) is 0 Å². The molecule has 3 N–H and O–H groups in total. The molecule has 1 fully saturated rings. The Labute approximate surface area is 87.9 Å². The molecule has 1 heterocycles. The largest absolute Gasteiger partial charge is 0.480 e. The highest BCUT2D eigenvalue weighted by molar-refractivity contribution is 5.82. The zero-order valence-corrected chi connectivity index (χ0v) is 8.64. The van der Waals surface area contributed by atoms with E-state index in [1.54, 1.807) is 0 Å². The van der Waals surface area contributed by atoms with E-state index in [9.17, 15) is 9.59 Å². The Morgan fingerprint density at radius 2 is 2.27 bits per heavy atom. The number of nitrogens with one attached hydrogen (secondary N) is 1. The fourth-order valence-corrected chi connectivity index (χ4v) is 1.62. The molecule has 2 amide bonds. The maximum absolute atomic E-state index is 11.6. The number of rotatable bonds is 3. The van der Waals surface area contributed by atoms with Gasteiger partial charge in [0.05, 0.1) is 12.6 Å². The summed E-state index contributed by atoms with van der Waals surface area (Å²) in [5.74, 6) is -1.07. The molecule has 0 aromatic carbocycles. The van der Waals surface area contributed by atoms with Gasteiger partial charge in [0.1, 0.15) is 6.04 Å². The number of nitrogens with zero attached hydrogens (tertiary/aromatic N) is 1. The van der Waals surface area contributed by atoms with Crippen LogP contribution in [0.25, 0.3) is 0 Å². The third-order valence-electron chi connectivity index (χ3n) is 2.56. The van der Waals surface area contributed by atoms with Gasteiger partial charge in [0, 0.05) is 6.54 Å². The first-order chi connectivity index (χ1) is 7.06. The molecule has 6 nitrogen and oxygen atoms in total. The molecule has 2 atom stereocenters. The number of carboxylic acid groups (broad SMARTS) is 1. The van der Waals surface area contributed by atoms with Gasteiger partial charge >= 0.3 is 12.0 Å². The number of hydrogen-bond donors (Lipinski definition) is 3. The average Bonchev–Trinajstić information content (AvgIpc) is 2.64. The number of amides is 2. The van der Waals surface area contributed by atoms with Crippen LogP contribution in [0.15, 0.2) is 0 Å². The molecule has 0 radical (unpaired) electrons. The van der Waals surface area contributed by atoms with Crippen LogP contribution < -0.4 is 5.32 Å². The van der Waals surface area contributed by atoms with Crippen molar-refractivity contribution in [3.8, 4) is 0 Å². The molecule has 0 saturated carbocycles. The molecule has 1 saturated heterocycles. The molecule has 0 aromatic heterocycles. The maximum Gasteiger partial charge on any atom is 0.325 e. The molecule has 0 spiro atoms. The summed E-state index contributed by atoms with van der Waals surface area (Å²) in [6, 6.07) is -1.50. The van der Waals surface area contributed by atoms with Crippen molar-refractivity contribution in [3.63, 3.8) is 0 Å². The van der Waals surface area contributed by atoms with Crippen LogP contribution in [0.5, 0.6) is 0 Å². The van der Waals surface area contributed by atoms with E-state index in [1.807, 2.05) is 0 Å². The number of carbonyl (C=O) groups excluding carboxylic acids is 1. The Hall–Kier alpha value is -1.30. The fourth-order valence-electron chi connectivity index (χ4n) is 1.62. The van der Waals surface area contributed by atoms with E-state index in [0.717, 1.165) is 12.8 Å². The molecule has 15 heavy (non-hydrogen) atoms. The Bertz CT molecular complexity index is 256. The van der Waals surface area contributed by atoms with Crippen LogP contribution in [0.2, 0.25) is 0 Å². The van der Waals surface area contributed by atoms with Gasteiger partial charge in [-0.15, -0.1) is 0 Å². The molecule has 86 valence electrons. The first kappa shape index (κ1) is 11.8. The first-order valence-corrected chi connectivity index (χ1v) is 4.97. The minimum atomic E-state index is -1.07. The summed E-state index contributed by atoms with van der Waals surface area (Å²) in [5.41, 5.74) is 0. The van der Waals surface area contributed by atoms with Gasteiger partial charge in [-0.25, -0.2) is 4.79 Å². The lowest BCUT2D eigenvalue weighted by Gasteiger charge is -2.24. The molecule has 0 aromatic rings. The van der Waals surface area contributed by atoms with Crippen LogP contribution in [0.3, 0.4) is 0 Å². The maximum atomic E-state index is 11.6. The van der Waals surface area contributed by atoms with Crippen molar-refractivity contribution in [2.75, 3.05) is 13.2 Å². The van der Waals surface area contributed by atoms with Gasteiger partial charge in [-0.1, -0.05) is 0 Å². The van der Waals surface area contributed by atoms with E-state index in [2.05, 4.69) is 5.32 Å². The molecule has 1 aliphatic heterocycles. The normalized spacial score (nSPS) is 22.5. The average molecular weight is 216 g/mol. The van der Waals surface area contributed by atoms with Gasteiger partial charge in [0.25, 0.3) is 0 Å². The van der Waals surface area contributed by atoms with E-state index < -0.39 is 18.0 Å². The summed E-state index contributed by atoms with van der Waals surface area (Å²) in [7, 11) is 0. The third kappa shape index (κ3) is 2.82. The minimum Gasteiger partial charge on any atom is -0.480 e. The van der Waals surface area contributed by atoms with Gasteiger partial charge in [0.15, 0.2) is 0 Å². The zero-order valence-electron chi connectivity index (χ0n) is 8.64. The molecule has 0 bridgehead atoms. The lowest BCUT2D eigenvalue weighted by atomic mass is 10.2. The highest BCUT2D eigenvalue weighted by Gasteiger charge is 2.29. The smallest absolute Gasteiger partial charge is 0.325 e. The van der Waals surface area contributed by atoms with Crippen molar-refractivity contribution in [1.29, 1.82) is 0 Å². The number of aliphatic hydroxyl groups excluding tert-OH is 1. The molecule has 0 aliphatic carbocycles. The van der Waals surface area contributed by atoms with Crippen molar-refractivity contribution in [2.24, 2.45) is 0 Å². The first-order valence-electron chi connectivity index (χ1n) is 4.97. The van der Waals surface area contributed by atoms with Crippen LogP contribution in [0.4, 0.5) is 4.79 Å². The highest BCUT2D eigenvalue weighted by Crippen LogP contribution is 2.16. The number of hydrogen-bond acceptors (Lipinski definition) is 3. The summed E-state index contributed by atoms with van der Waals surface area (Å²) in [6.07, 6.45) is 1.62. The lowest BCUT2D eigenvalue weighted by Crippen LogP contribution is -2.49. The number of likely N-dealkylation sites (tertiary alicyclic amines) is 1. The molecular weight excluding hydrogens is 200 g/mol. The Kier molecular flexibility index (Phi) is 3.90. The van der Waals surface area contributed by atoms with Crippen LogP contribution in [-0.2, 0) is 4.79 Å². The summed E-state index contributed by atoms with van der Waals surface area (Å²) < 4.78 is 0. The van der Waals surface area contributed by atoms with Crippen molar-refractivity contribution >= 4 is 12.0 Å². The predicted octanol–water partition coefficient (Wildman–Crippen LogP) is -0.374. The minimum absolute atomic E-state index is 0.0745. The second-order valence-corrected chi connectivity index (χ2v) is 3.68. The van der Waals surface area contributed by atoms with E-state index in [0.29, 0.717) is 6.54 Å². The number of aliphatic hydroxyl groups is 1. The fraction of sp³-hybridized carbons (Fsp3) is 0.778. The van der Waals surface area contributed by atoms with Crippen LogP contribution in [-0.4, -0.2) is 52.3 Å². The zero-order chi connectivity index (χ0) is 11.4. The summed E-state index contributed by atoms with van der Waals surface area (Å²) >= 11 is 0. The van der Waals surface area contributed by atoms with Crippen LogP contribution in [0.1, 0.15) is 19.8 Å². The van der Waals surface area contributed by atoms with Crippen LogP contribution >= 0.6 is 0 Å². The van der Waals surface area contributed by atoms with Gasteiger partial charge in [-0.2, -0.15) is 0 Å². The van der Waals surface area contributed by atoms with E-state index in [4.69, 9.17) is 10.2 Å². The quantitative estimate of drug-likeness (QED) is 0.600. The van der Waals surface area contributed by atoms with Crippen molar-refractivity contribution in [1.82, 2.24) is 10.2 Å². The second-order valence-electron chi connectivity index (χ2n) is 3.68. The molecular formula is C9H16N2O4. The summed E-state index contributed by atoms with van der Waals surface area (Å²) in [4.78, 5) is 23.6. The standard InChI is InChI=1S/C9H16N2O4/c1-6(8(13)14)10-9(15)11-4-2-3-7(11)5-12/h6-7,12H,2-5H2,1H3,(H,10,15)(H,13,14). The molecule has 2 unspecified atom stereocenters. The summed E-state index contributed by atoms with van der Waals surface area (Å²) in [6.45, 7) is 1.91. The number of carbonyl (C=O) groups is 2. The van der Waals surface area contributed by atoms with Gasteiger partial charge in [-0.3, -0.25) is 4.79 Å². The van der Waals surface area contributed by atoms with Gasteiger partial charge < -0.3 is 20.4 Å². The lowest BCUT2D eigenvalue weighted by molar-refractivity contribution is -0.138. The van der Waals surface area contributed by atoms with Crippen molar-refractivity contribution in [3.05, 3.63) is 0 Å². The number of urea groups is 1. The Morgan fingerprint density at radius 1 is 1.60 bits per heavy atom. The van der Waals surface area contributed by atoms with Gasteiger partial charge in [-0.05, 0) is 19.8 Å². The Morgan fingerprint density at radius 3 is 2.80 bits per heavy atom. The molecule has 1 aliphatic rings. The van der Waals surface area contributed by atoms with E-state index in [-0.39, 0.29) is 12.6 Å². The topological polar surface area (TPSA) is 89.9 Å². The number of carboxylic acids is 1. The van der Waals surface area contributed by atoms with E-state index >= 15 is 0 Å². The predicted molar refractivity (Wildman–Crippen MR) is 52.4 cm³/mol. The SMILES string of the molecule is CC(NC(=O)N1CCCC1CO)C(=O)O. The summed E-state index contributed by atoms with van der Waals surface area (Å²) in [5, 5.41) is 20.0. The van der Waals surface area contributed by atoms with Crippen molar-refractivity contribution in [2.45, 2.75) is 31.8 Å². The Balaban J connectivity index is 2.49. The second kappa shape index (κ2) is 4.97. The number of aliphatic carboxylic acids is 1. The van der Waals surface area contributed by atoms with Crippen molar-refractivity contribution < 1.29 is 19.8 Å². The van der Waals surface area contributed by atoms with E-state index in [1.165, 1.54) is 11.8 Å². The monoisotopic (exact) mass is 216 g/mol.